The Hall–Kier alpha value is -3.15. The second-order valence-electron chi connectivity index (χ2n) is 5.24. The van der Waals surface area contributed by atoms with E-state index in [1.165, 1.54) is 19.2 Å². The number of benzene rings is 2. The molecule has 0 aliphatic rings. The first kappa shape index (κ1) is 16.7. The maximum atomic E-state index is 14.2. The summed E-state index contributed by atoms with van der Waals surface area (Å²) in [6.07, 6.45) is 0. The van der Waals surface area contributed by atoms with Crippen LogP contribution in [0.2, 0.25) is 0 Å². The van der Waals surface area contributed by atoms with Crippen LogP contribution >= 0.6 is 0 Å². The predicted molar refractivity (Wildman–Crippen MR) is 93.9 cm³/mol. The maximum absolute atomic E-state index is 14.2. The molecular weight excluding hydrogens is 323 g/mol. The van der Waals surface area contributed by atoms with Gasteiger partial charge in [-0.15, -0.1) is 0 Å². The summed E-state index contributed by atoms with van der Waals surface area (Å²) in [4.78, 5) is 16.0. The number of fused-ring (bicyclic) bond motifs is 1. The van der Waals surface area contributed by atoms with Gasteiger partial charge in [0.15, 0.2) is 5.69 Å². The molecule has 0 saturated heterocycles. The van der Waals surface area contributed by atoms with Gasteiger partial charge in [-0.3, -0.25) is 0 Å². The molecule has 0 saturated carbocycles. The van der Waals surface area contributed by atoms with Gasteiger partial charge in [-0.2, -0.15) is 0 Å². The van der Waals surface area contributed by atoms with Crippen molar-refractivity contribution in [2.75, 3.05) is 19.0 Å². The van der Waals surface area contributed by atoms with Gasteiger partial charge in [0.25, 0.3) is 0 Å². The van der Waals surface area contributed by atoms with E-state index in [2.05, 4.69) is 10.3 Å². The van der Waals surface area contributed by atoms with E-state index in [-0.39, 0.29) is 11.2 Å². The Bertz CT molecular complexity index is 928. The standard InChI is InChI=1S/C19H17FN2O3/c1-3-25-17-10-5-4-9-14(17)21-15-11-16(19(23)24-2)22-18-12(15)7-6-8-13(18)20/h4-11H,3H2,1-2H3,(H,21,22). The number of rotatable bonds is 5. The SMILES string of the molecule is CCOc1ccccc1Nc1cc(C(=O)OC)nc2c(F)cccc12. The van der Waals surface area contributed by atoms with Gasteiger partial charge in [0.2, 0.25) is 0 Å². The van der Waals surface area contributed by atoms with Crippen molar-refractivity contribution in [2.24, 2.45) is 0 Å². The van der Waals surface area contributed by atoms with Crippen molar-refractivity contribution >= 4 is 28.2 Å². The van der Waals surface area contributed by atoms with Gasteiger partial charge >= 0.3 is 5.97 Å². The minimum Gasteiger partial charge on any atom is -0.492 e. The normalized spacial score (nSPS) is 10.5. The summed E-state index contributed by atoms with van der Waals surface area (Å²) in [6.45, 7) is 2.40. The summed E-state index contributed by atoms with van der Waals surface area (Å²) < 4.78 is 24.5. The van der Waals surface area contributed by atoms with Gasteiger partial charge in [0.05, 0.1) is 25.1 Å². The van der Waals surface area contributed by atoms with Crippen LogP contribution in [0, 0.1) is 5.82 Å². The van der Waals surface area contributed by atoms with Gasteiger partial charge in [-0.1, -0.05) is 24.3 Å². The van der Waals surface area contributed by atoms with Gasteiger partial charge in [-0.05, 0) is 31.2 Å². The summed E-state index contributed by atoms with van der Waals surface area (Å²) in [7, 11) is 1.26. The van der Waals surface area contributed by atoms with E-state index in [0.29, 0.717) is 29.1 Å². The molecule has 0 radical (unpaired) electrons. The molecular formula is C19H17FN2O3. The number of anilines is 2. The second kappa shape index (κ2) is 7.17. The van der Waals surface area contributed by atoms with Crippen LogP contribution in [0.4, 0.5) is 15.8 Å². The van der Waals surface area contributed by atoms with E-state index in [9.17, 15) is 9.18 Å². The molecule has 1 N–H and O–H groups in total. The molecule has 5 nitrogen and oxygen atoms in total. The zero-order chi connectivity index (χ0) is 17.8. The second-order valence-corrected chi connectivity index (χ2v) is 5.24. The van der Waals surface area contributed by atoms with Crippen LogP contribution in [0.3, 0.4) is 0 Å². The monoisotopic (exact) mass is 340 g/mol. The summed E-state index contributed by atoms with van der Waals surface area (Å²) >= 11 is 0. The molecule has 128 valence electrons. The number of para-hydroxylation sites is 3. The fourth-order valence-corrected chi connectivity index (χ4v) is 2.52. The lowest BCUT2D eigenvalue weighted by molar-refractivity contribution is 0.0594. The Labute approximate surface area is 144 Å². The number of esters is 1. The summed E-state index contributed by atoms with van der Waals surface area (Å²) in [5, 5.41) is 3.76. The Kier molecular flexibility index (Phi) is 4.79. The molecule has 1 aromatic heterocycles. The lowest BCUT2D eigenvalue weighted by Gasteiger charge is -2.15. The molecule has 0 unspecified atom stereocenters. The molecule has 1 heterocycles. The van der Waals surface area contributed by atoms with Crippen molar-refractivity contribution in [1.29, 1.82) is 0 Å². The van der Waals surface area contributed by atoms with E-state index >= 15 is 0 Å². The highest BCUT2D eigenvalue weighted by atomic mass is 19.1. The number of carbonyl (C=O) groups excluding carboxylic acids is 1. The van der Waals surface area contributed by atoms with E-state index in [1.807, 2.05) is 31.2 Å². The molecule has 0 spiro atoms. The molecule has 6 heteroatoms. The van der Waals surface area contributed by atoms with Crippen molar-refractivity contribution in [3.63, 3.8) is 0 Å². The minimum atomic E-state index is -0.633. The zero-order valence-electron chi connectivity index (χ0n) is 13.9. The summed E-state index contributed by atoms with van der Waals surface area (Å²) in [6, 6.07) is 13.6. The average Bonchev–Trinajstić information content (AvgIpc) is 2.63. The number of ether oxygens (including phenoxy) is 2. The smallest absolute Gasteiger partial charge is 0.356 e. The van der Waals surface area contributed by atoms with Crippen LogP contribution in [-0.2, 0) is 4.74 Å². The highest BCUT2D eigenvalue weighted by molar-refractivity contribution is 5.99. The largest absolute Gasteiger partial charge is 0.492 e. The third-order valence-electron chi connectivity index (χ3n) is 3.64. The maximum Gasteiger partial charge on any atom is 0.356 e. The first-order valence-corrected chi connectivity index (χ1v) is 7.80. The minimum absolute atomic E-state index is 0.0245. The Morgan fingerprint density at radius 2 is 1.96 bits per heavy atom. The number of pyridine rings is 1. The van der Waals surface area contributed by atoms with Crippen LogP contribution in [0.15, 0.2) is 48.5 Å². The highest BCUT2D eigenvalue weighted by Gasteiger charge is 2.15. The molecule has 2 aromatic carbocycles. The molecule has 0 aliphatic heterocycles. The van der Waals surface area contributed by atoms with Crippen molar-refractivity contribution < 1.29 is 18.7 Å². The van der Waals surface area contributed by atoms with Crippen molar-refractivity contribution in [2.45, 2.75) is 6.92 Å². The van der Waals surface area contributed by atoms with Crippen LogP contribution in [0.25, 0.3) is 10.9 Å². The van der Waals surface area contributed by atoms with Crippen molar-refractivity contribution in [3.8, 4) is 5.75 Å². The number of carbonyl (C=O) groups is 1. The van der Waals surface area contributed by atoms with E-state index in [0.717, 1.165) is 0 Å². The quantitative estimate of drug-likeness (QED) is 0.702. The predicted octanol–water partition coefficient (Wildman–Crippen LogP) is 4.30. The zero-order valence-corrected chi connectivity index (χ0v) is 13.9. The number of nitrogens with zero attached hydrogens (tertiary/aromatic N) is 1. The number of nitrogens with one attached hydrogen (secondary N) is 1. The van der Waals surface area contributed by atoms with Gasteiger partial charge in [0, 0.05) is 5.39 Å². The van der Waals surface area contributed by atoms with E-state index in [1.54, 1.807) is 12.1 Å². The number of hydrogen-bond donors (Lipinski definition) is 1. The summed E-state index contributed by atoms with van der Waals surface area (Å²) in [5.41, 5.74) is 1.37. The van der Waals surface area contributed by atoms with Crippen molar-refractivity contribution in [1.82, 2.24) is 4.98 Å². The van der Waals surface area contributed by atoms with Crippen LogP contribution in [-0.4, -0.2) is 24.7 Å². The third kappa shape index (κ3) is 3.38. The fraction of sp³-hybridized carbons (Fsp3) is 0.158. The molecule has 0 atom stereocenters. The number of hydrogen-bond acceptors (Lipinski definition) is 5. The number of methoxy groups -OCH3 is 1. The number of halogens is 1. The van der Waals surface area contributed by atoms with Gasteiger partial charge in [0.1, 0.15) is 17.1 Å². The molecule has 25 heavy (non-hydrogen) atoms. The lowest BCUT2D eigenvalue weighted by atomic mass is 10.1. The van der Waals surface area contributed by atoms with Gasteiger partial charge < -0.3 is 14.8 Å². The molecule has 0 amide bonds. The van der Waals surface area contributed by atoms with E-state index in [4.69, 9.17) is 9.47 Å². The average molecular weight is 340 g/mol. The first-order valence-electron chi connectivity index (χ1n) is 7.80. The highest BCUT2D eigenvalue weighted by Crippen LogP contribution is 2.32. The van der Waals surface area contributed by atoms with Crippen LogP contribution < -0.4 is 10.1 Å². The molecule has 3 aromatic rings. The van der Waals surface area contributed by atoms with Crippen LogP contribution in [0.5, 0.6) is 5.75 Å². The Morgan fingerprint density at radius 3 is 2.72 bits per heavy atom. The first-order chi connectivity index (χ1) is 12.1. The molecule has 0 fully saturated rings. The Morgan fingerprint density at radius 1 is 1.16 bits per heavy atom. The molecule has 0 aliphatic carbocycles. The molecule has 3 rings (SSSR count). The lowest BCUT2D eigenvalue weighted by Crippen LogP contribution is -2.07. The fourth-order valence-electron chi connectivity index (χ4n) is 2.52. The van der Waals surface area contributed by atoms with Crippen LogP contribution in [0.1, 0.15) is 17.4 Å². The molecule has 0 bridgehead atoms. The van der Waals surface area contributed by atoms with E-state index < -0.39 is 11.8 Å². The van der Waals surface area contributed by atoms with Crippen molar-refractivity contribution in [3.05, 3.63) is 60.0 Å². The number of aromatic nitrogens is 1. The third-order valence-corrected chi connectivity index (χ3v) is 3.64. The van der Waals surface area contributed by atoms with Gasteiger partial charge in [-0.25, -0.2) is 14.2 Å². The topological polar surface area (TPSA) is 60.5 Å². The Balaban J connectivity index is 2.15. The summed E-state index contributed by atoms with van der Waals surface area (Å²) in [5.74, 6) is -0.485.